The molecule has 1 fully saturated rings. The number of nitrogens with zero attached hydrogens (tertiary/aromatic N) is 1. The molecule has 1 aliphatic heterocycles. The van der Waals surface area contributed by atoms with E-state index in [1.54, 1.807) is 0 Å². The van der Waals surface area contributed by atoms with Crippen LogP contribution in [0.25, 0.3) is 0 Å². The molecule has 0 aliphatic carbocycles. The van der Waals surface area contributed by atoms with Gasteiger partial charge < -0.3 is 0 Å². The van der Waals surface area contributed by atoms with Gasteiger partial charge in [-0.2, -0.15) is 0 Å². The third-order valence-electron chi connectivity index (χ3n) is 2.91. The highest BCUT2D eigenvalue weighted by Gasteiger charge is 2.34. The normalized spacial score (nSPS) is 32.2. The molecule has 1 saturated heterocycles. The molecule has 1 rings (SSSR count). The number of rotatable bonds is 0. The van der Waals surface area contributed by atoms with Crippen LogP contribution >= 0.6 is 0 Å². The first-order valence-corrected chi connectivity index (χ1v) is 5.12. The van der Waals surface area contributed by atoms with E-state index in [4.69, 9.17) is 0 Å². The number of Topliss-reactive ketones (excluding diaryl/α,β-unsaturated/α-hetero) is 1. The molecule has 2 nitrogen and oxygen atoms in total. The molecular weight excluding hydrogens is 162 g/mol. The molecule has 1 aliphatic rings. The van der Waals surface area contributed by atoms with E-state index in [0.29, 0.717) is 11.8 Å². The first kappa shape index (κ1) is 10.7. The van der Waals surface area contributed by atoms with E-state index in [1.807, 2.05) is 6.92 Å². The molecule has 1 heterocycles. The van der Waals surface area contributed by atoms with Gasteiger partial charge in [-0.15, -0.1) is 0 Å². The zero-order valence-corrected chi connectivity index (χ0v) is 9.42. The third-order valence-corrected chi connectivity index (χ3v) is 2.91. The summed E-state index contributed by atoms with van der Waals surface area (Å²) in [6, 6.07) is 0.406. The van der Waals surface area contributed by atoms with Crippen LogP contribution in [0.4, 0.5) is 0 Å². The van der Waals surface area contributed by atoms with Gasteiger partial charge in [0.1, 0.15) is 5.78 Å². The third kappa shape index (κ3) is 2.31. The number of carbonyl (C=O) groups is 1. The number of hydrogen-bond donors (Lipinski definition) is 0. The predicted molar refractivity (Wildman–Crippen MR) is 54.7 cm³/mol. The lowest BCUT2D eigenvalue weighted by atomic mass is 9.89. The highest BCUT2D eigenvalue weighted by atomic mass is 16.1. The van der Waals surface area contributed by atoms with Gasteiger partial charge in [-0.25, -0.2) is 0 Å². The van der Waals surface area contributed by atoms with Crippen LogP contribution in [0.1, 0.15) is 41.0 Å². The number of hydrogen-bond acceptors (Lipinski definition) is 2. The fourth-order valence-corrected chi connectivity index (χ4v) is 2.11. The summed E-state index contributed by atoms with van der Waals surface area (Å²) in [5.74, 6) is 0.642. The number of ketones is 1. The minimum absolute atomic E-state index is 0.189. The van der Waals surface area contributed by atoms with E-state index < -0.39 is 0 Å². The topological polar surface area (TPSA) is 20.3 Å². The number of piperidine rings is 1. The van der Waals surface area contributed by atoms with Gasteiger partial charge >= 0.3 is 0 Å². The lowest BCUT2D eigenvalue weighted by Gasteiger charge is -2.44. The van der Waals surface area contributed by atoms with Crippen LogP contribution in [0.3, 0.4) is 0 Å². The van der Waals surface area contributed by atoms with E-state index >= 15 is 0 Å². The van der Waals surface area contributed by atoms with Crippen molar-refractivity contribution in [3.63, 3.8) is 0 Å². The molecule has 0 unspecified atom stereocenters. The SMILES string of the molecule is C[C@@H]1CN(C(C)(C)C)[C@H](C)CC1=O. The first-order valence-electron chi connectivity index (χ1n) is 5.12. The Bertz CT molecular complexity index is 205. The molecule has 2 atom stereocenters. The Kier molecular flexibility index (Phi) is 2.81. The van der Waals surface area contributed by atoms with Crippen molar-refractivity contribution in [1.29, 1.82) is 0 Å². The van der Waals surface area contributed by atoms with Crippen LogP contribution < -0.4 is 0 Å². The van der Waals surface area contributed by atoms with Gasteiger partial charge in [-0.1, -0.05) is 6.92 Å². The van der Waals surface area contributed by atoms with Crippen molar-refractivity contribution in [1.82, 2.24) is 4.90 Å². The molecule has 0 saturated carbocycles. The van der Waals surface area contributed by atoms with Gasteiger partial charge in [0.2, 0.25) is 0 Å². The van der Waals surface area contributed by atoms with Gasteiger partial charge in [0.15, 0.2) is 0 Å². The van der Waals surface area contributed by atoms with Crippen molar-refractivity contribution >= 4 is 5.78 Å². The first-order chi connectivity index (χ1) is 5.82. The quantitative estimate of drug-likeness (QED) is 0.573. The van der Waals surface area contributed by atoms with Gasteiger partial charge in [-0.3, -0.25) is 9.69 Å². The summed E-state index contributed by atoms with van der Waals surface area (Å²) < 4.78 is 0. The average molecular weight is 183 g/mol. The van der Waals surface area contributed by atoms with Crippen LogP contribution in [0.15, 0.2) is 0 Å². The molecule has 13 heavy (non-hydrogen) atoms. The van der Waals surface area contributed by atoms with E-state index in [9.17, 15) is 4.79 Å². The second-order valence-corrected chi connectivity index (χ2v) is 5.24. The minimum atomic E-state index is 0.189. The summed E-state index contributed by atoms with van der Waals surface area (Å²) in [7, 11) is 0. The minimum Gasteiger partial charge on any atom is -0.299 e. The Morgan fingerprint density at radius 2 is 1.85 bits per heavy atom. The molecule has 0 bridgehead atoms. The lowest BCUT2D eigenvalue weighted by Crippen LogP contribution is -2.54. The summed E-state index contributed by atoms with van der Waals surface area (Å²) in [5, 5.41) is 0. The van der Waals surface area contributed by atoms with E-state index in [-0.39, 0.29) is 11.5 Å². The summed E-state index contributed by atoms with van der Waals surface area (Å²) in [4.78, 5) is 13.9. The van der Waals surface area contributed by atoms with Crippen molar-refractivity contribution in [2.75, 3.05) is 6.54 Å². The highest BCUT2D eigenvalue weighted by molar-refractivity contribution is 5.82. The number of likely N-dealkylation sites (tertiary alicyclic amines) is 1. The van der Waals surface area contributed by atoms with Crippen LogP contribution in [-0.4, -0.2) is 28.8 Å². The Hall–Kier alpha value is -0.370. The van der Waals surface area contributed by atoms with Crippen molar-refractivity contribution in [2.45, 2.75) is 52.6 Å². The van der Waals surface area contributed by atoms with Crippen molar-refractivity contribution in [2.24, 2.45) is 5.92 Å². The smallest absolute Gasteiger partial charge is 0.138 e. The molecule has 0 N–H and O–H groups in total. The molecule has 0 aromatic heterocycles. The largest absolute Gasteiger partial charge is 0.299 e. The maximum absolute atomic E-state index is 11.5. The molecule has 0 radical (unpaired) electrons. The Balaban J connectivity index is 2.72. The standard InChI is InChI=1S/C11H21NO/c1-8-7-12(11(3,4)5)9(2)6-10(8)13/h8-9H,6-7H2,1-5H3/t8-,9-/m1/s1. The van der Waals surface area contributed by atoms with Crippen LogP contribution in [0, 0.1) is 5.92 Å². The Labute approximate surface area is 81.3 Å². The maximum atomic E-state index is 11.5. The Morgan fingerprint density at radius 3 is 2.31 bits per heavy atom. The highest BCUT2D eigenvalue weighted by Crippen LogP contribution is 2.26. The zero-order chi connectivity index (χ0) is 10.2. The molecule has 0 aromatic rings. The fraction of sp³-hybridized carbons (Fsp3) is 0.909. The van der Waals surface area contributed by atoms with E-state index in [1.165, 1.54) is 0 Å². The summed E-state index contributed by atoms with van der Waals surface area (Å²) in [6.07, 6.45) is 0.721. The van der Waals surface area contributed by atoms with Crippen LogP contribution in [0.5, 0.6) is 0 Å². The Morgan fingerprint density at radius 1 is 1.31 bits per heavy atom. The van der Waals surface area contributed by atoms with Gasteiger partial charge in [0, 0.05) is 30.5 Å². The second-order valence-electron chi connectivity index (χ2n) is 5.24. The van der Waals surface area contributed by atoms with Gasteiger partial charge in [-0.05, 0) is 27.7 Å². The van der Waals surface area contributed by atoms with Crippen molar-refractivity contribution < 1.29 is 4.79 Å². The van der Waals surface area contributed by atoms with Crippen molar-refractivity contribution in [3.8, 4) is 0 Å². The zero-order valence-electron chi connectivity index (χ0n) is 9.42. The summed E-state index contributed by atoms with van der Waals surface area (Å²) in [5.41, 5.74) is 0.189. The molecule has 0 amide bonds. The predicted octanol–water partition coefficient (Wildman–Crippen LogP) is 2.08. The lowest BCUT2D eigenvalue weighted by molar-refractivity contribution is -0.129. The van der Waals surface area contributed by atoms with Crippen LogP contribution in [-0.2, 0) is 4.79 Å². The summed E-state index contributed by atoms with van der Waals surface area (Å²) >= 11 is 0. The average Bonchev–Trinajstić information content (AvgIpc) is 1.94. The monoisotopic (exact) mass is 183 g/mol. The molecule has 0 aromatic carbocycles. The molecule has 0 spiro atoms. The number of carbonyl (C=O) groups excluding carboxylic acids is 1. The van der Waals surface area contributed by atoms with Crippen LogP contribution in [0.2, 0.25) is 0 Å². The molecule has 2 heteroatoms. The fourth-order valence-electron chi connectivity index (χ4n) is 2.11. The van der Waals surface area contributed by atoms with Gasteiger partial charge in [0.25, 0.3) is 0 Å². The van der Waals surface area contributed by atoms with Gasteiger partial charge in [0.05, 0.1) is 0 Å². The molecule has 76 valence electrons. The van der Waals surface area contributed by atoms with Crippen molar-refractivity contribution in [3.05, 3.63) is 0 Å². The molecular formula is C11H21NO. The second kappa shape index (κ2) is 3.41. The summed E-state index contributed by atoms with van der Waals surface area (Å²) in [6.45, 7) is 11.7. The maximum Gasteiger partial charge on any atom is 0.138 e. The van der Waals surface area contributed by atoms with E-state index in [2.05, 4.69) is 32.6 Å². The van der Waals surface area contributed by atoms with E-state index in [0.717, 1.165) is 13.0 Å².